The number of hydrogen-bond acceptors (Lipinski definition) is 5. The number of piperidine rings is 1. The molecule has 1 aliphatic heterocycles. The Balaban J connectivity index is 0.000000367. The second kappa shape index (κ2) is 10.3. The van der Waals surface area contributed by atoms with Gasteiger partial charge in [0.25, 0.3) is 0 Å². The third-order valence-electron chi connectivity index (χ3n) is 4.72. The minimum absolute atomic E-state index is 0.212. The van der Waals surface area contributed by atoms with E-state index in [-0.39, 0.29) is 4.88 Å². The van der Waals surface area contributed by atoms with E-state index in [9.17, 15) is 9.90 Å². The zero-order chi connectivity index (χ0) is 21.5. The Bertz CT molecular complexity index is 1010. The highest BCUT2D eigenvalue weighted by Crippen LogP contribution is 2.40. The van der Waals surface area contributed by atoms with Gasteiger partial charge in [-0.1, -0.05) is 36.8 Å². The largest absolute Gasteiger partial charge is 0.477 e. The van der Waals surface area contributed by atoms with Crippen molar-refractivity contribution in [3.8, 4) is 11.3 Å². The highest BCUT2D eigenvalue weighted by molar-refractivity contribution is 7.21. The zero-order valence-corrected chi connectivity index (χ0v) is 18.5. The van der Waals surface area contributed by atoms with Crippen molar-refractivity contribution >= 4 is 39.5 Å². The van der Waals surface area contributed by atoms with Crippen LogP contribution in [0.3, 0.4) is 0 Å². The number of benzene rings is 1. The van der Waals surface area contributed by atoms with Gasteiger partial charge in [-0.25, -0.2) is 14.8 Å². The smallest absolute Gasteiger partial charge is 0.348 e. The van der Waals surface area contributed by atoms with E-state index in [0.717, 1.165) is 33.5 Å². The van der Waals surface area contributed by atoms with E-state index in [1.54, 1.807) is 11.2 Å². The van der Waals surface area contributed by atoms with Gasteiger partial charge in [0.1, 0.15) is 9.71 Å². The molecule has 0 unspecified atom stereocenters. The van der Waals surface area contributed by atoms with Gasteiger partial charge in [0.15, 0.2) is 0 Å². The van der Waals surface area contributed by atoms with Crippen LogP contribution >= 0.6 is 11.3 Å². The average molecular weight is 425 g/mol. The van der Waals surface area contributed by atoms with Gasteiger partial charge >= 0.3 is 5.97 Å². The third kappa shape index (κ3) is 5.43. The van der Waals surface area contributed by atoms with Crippen molar-refractivity contribution in [3.05, 3.63) is 46.8 Å². The quantitative estimate of drug-likeness (QED) is 0.458. The fourth-order valence-corrected chi connectivity index (χ4v) is 4.30. The van der Waals surface area contributed by atoms with Crippen LogP contribution in [0.4, 0.5) is 5.69 Å². The molecule has 1 saturated heterocycles. The maximum Gasteiger partial charge on any atom is 0.348 e. The number of rotatable bonds is 4. The normalized spacial score (nSPS) is 13.8. The molecule has 0 atom stereocenters. The van der Waals surface area contributed by atoms with Crippen molar-refractivity contribution in [1.82, 2.24) is 15.2 Å². The summed E-state index contributed by atoms with van der Waals surface area (Å²) in [5, 5.41) is 13.6. The summed E-state index contributed by atoms with van der Waals surface area (Å²) in [5.74, 6) is -0.982. The topological polar surface area (TPSA) is 77.8 Å². The highest BCUT2D eigenvalue weighted by atomic mass is 32.1. The van der Waals surface area contributed by atoms with Crippen LogP contribution in [0.15, 0.2) is 41.4 Å². The van der Waals surface area contributed by atoms with Gasteiger partial charge in [0.2, 0.25) is 0 Å². The van der Waals surface area contributed by atoms with Crippen LogP contribution in [0, 0.1) is 6.92 Å². The lowest BCUT2D eigenvalue weighted by atomic mass is 10.1. The fraction of sp³-hybridized carbons (Fsp3) is 0.348. The summed E-state index contributed by atoms with van der Waals surface area (Å²) in [5.41, 5.74) is 3.28. The molecule has 0 amide bonds. The molecule has 0 saturated carbocycles. The number of nitrogens with one attached hydrogen (secondary N) is 1. The van der Waals surface area contributed by atoms with E-state index >= 15 is 0 Å². The van der Waals surface area contributed by atoms with Crippen LogP contribution < -0.4 is 5.32 Å². The molecule has 2 N–H and O–H groups in total. The van der Waals surface area contributed by atoms with E-state index < -0.39 is 5.97 Å². The van der Waals surface area contributed by atoms with Crippen molar-refractivity contribution < 1.29 is 9.90 Å². The van der Waals surface area contributed by atoms with E-state index in [4.69, 9.17) is 0 Å². The lowest BCUT2D eigenvalue weighted by molar-refractivity contribution is 0.0703. The number of carbonyl (C=O) groups is 1. The second-order valence-electron chi connectivity index (χ2n) is 7.47. The summed E-state index contributed by atoms with van der Waals surface area (Å²) in [6, 6.07) is 11.8. The Kier molecular flexibility index (Phi) is 7.54. The third-order valence-corrected chi connectivity index (χ3v) is 5.78. The van der Waals surface area contributed by atoms with Gasteiger partial charge in [-0.05, 0) is 44.5 Å². The summed E-state index contributed by atoms with van der Waals surface area (Å²) in [7, 11) is 3.69. The molecule has 0 bridgehead atoms. The number of nitrogens with zero attached hydrogens (tertiary/aromatic N) is 3. The summed E-state index contributed by atoms with van der Waals surface area (Å²) >= 11 is 1.16. The second-order valence-corrected chi connectivity index (χ2v) is 8.47. The lowest BCUT2D eigenvalue weighted by Gasteiger charge is -2.08. The molecule has 1 aromatic carbocycles. The molecule has 30 heavy (non-hydrogen) atoms. The standard InChI is InChI=1S/C18H17N3O2S.C5H11N/c1-11-9-13(12-7-5-4-6-8-12)20-17-14(11)15(19-10-21(2)3)16(24-17)18(22)23;1-2-4-6-5-3-1/h4-10H,1-3H3,(H,22,23);6H,1-5H2. The summed E-state index contributed by atoms with van der Waals surface area (Å²) in [4.78, 5) is 23.3. The zero-order valence-electron chi connectivity index (χ0n) is 17.7. The van der Waals surface area contributed by atoms with Gasteiger partial charge in [0.05, 0.1) is 17.7 Å². The van der Waals surface area contributed by atoms with Crippen LogP contribution in [-0.4, -0.2) is 54.5 Å². The summed E-state index contributed by atoms with van der Waals surface area (Å²) in [6.45, 7) is 4.46. The molecular formula is C23H28N4O2S. The molecule has 6 nitrogen and oxygen atoms in total. The van der Waals surface area contributed by atoms with Gasteiger partial charge < -0.3 is 15.3 Å². The molecule has 158 valence electrons. The van der Waals surface area contributed by atoms with E-state index in [1.807, 2.05) is 57.4 Å². The molecule has 2 aromatic heterocycles. The predicted octanol–water partition coefficient (Wildman–Crippen LogP) is 4.95. The first-order valence-corrected chi connectivity index (χ1v) is 10.9. The number of aliphatic imine (C=N–C) groups is 1. The monoisotopic (exact) mass is 424 g/mol. The number of thiophene rings is 1. The van der Waals surface area contributed by atoms with E-state index in [1.165, 1.54) is 32.4 Å². The first-order chi connectivity index (χ1) is 14.5. The van der Waals surface area contributed by atoms with Crippen molar-refractivity contribution in [2.24, 2.45) is 4.99 Å². The molecule has 4 rings (SSSR count). The maximum absolute atomic E-state index is 11.6. The Morgan fingerprint density at radius 1 is 1.20 bits per heavy atom. The van der Waals surface area contributed by atoms with Crippen LogP contribution in [0.5, 0.6) is 0 Å². The number of hydrogen-bond donors (Lipinski definition) is 2. The first kappa shape index (κ1) is 21.9. The Hall–Kier alpha value is -2.77. The average Bonchev–Trinajstić information content (AvgIpc) is 3.14. The molecule has 1 fully saturated rings. The number of carboxylic acid groups (broad SMARTS) is 1. The van der Waals surface area contributed by atoms with E-state index in [0.29, 0.717) is 10.5 Å². The van der Waals surface area contributed by atoms with Crippen molar-refractivity contribution in [2.45, 2.75) is 26.2 Å². The van der Waals surface area contributed by atoms with Crippen LogP contribution in [-0.2, 0) is 0 Å². The highest BCUT2D eigenvalue weighted by Gasteiger charge is 2.20. The molecule has 3 heterocycles. The van der Waals surface area contributed by atoms with Gasteiger partial charge in [-0.3, -0.25) is 0 Å². The number of carboxylic acids is 1. The van der Waals surface area contributed by atoms with Gasteiger partial charge in [-0.2, -0.15) is 0 Å². The molecular weight excluding hydrogens is 396 g/mol. The molecule has 1 aliphatic rings. The first-order valence-electron chi connectivity index (χ1n) is 10.1. The Morgan fingerprint density at radius 3 is 2.43 bits per heavy atom. The predicted molar refractivity (Wildman–Crippen MR) is 125 cm³/mol. The molecule has 0 radical (unpaired) electrons. The van der Waals surface area contributed by atoms with Crippen molar-refractivity contribution in [3.63, 3.8) is 0 Å². The molecule has 3 aromatic rings. The minimum atomic E-state index is -0.982. The van der Waals surface area contributed by atoms with E-state index in [2.05, 4.69) is 15.3 Å². The lowest BCUT2D eigenvalue weighted by Crippen LogP contribution is -2.21. The van der Waals surface area contributed by atoms with Crippen molar-refractivity contribution in [1.29, 1.82) is 0 Å². The number of fused-ring (bicyclic) bond motifs is 1. The number of aromatic nitrogens is 1. The maximum atomic E-state index is 11.6. The Morgan fingerprint density at radius 2 is 1.90 bits per heavy atom. The van der Waals surface area contributed by atoms with Crippen molar-refractivity contribution in [2.75, 3.05) is 27.2 Å². The van der Waals surface area contributed by atoms with Crippen LogP contribution in [0.2, 0.25) is 0 Å². The number of aryl methyl sites for hydroxylation is 1. The minimum Gasteiger partial charge on any atom is -0.477 e. The molecule has 7 heteroatoms. The molecule has 0 spiro atoms. The summed E-state index contributed by atoms with van der Waals surface area (Å²) in [6.07, 6.45) is 5.82. The SMILES string of the molecule is C1CCNCC1.Cc1cc(-c2ccccc2)nc2sc(C(=O)O)c(N=CN(C)C)c12. The molecule has 0 aliphatic carbocycles. The van der Waals surface area contributed by atoms with Crippen LogP contribution in [0.25, 0.3) is 21.5 Å². The van der Waals surface area contributed by atoms with Crippen LogP contribution in [0.1, 0.15) is 34.5 Å². The van der Waals surface area contributed by atoms with Gasteiger partial charge in [0, 0.05) is 25.0 Å². The number of pyridine rings is 1. The number of aromatic carboxylic acids is 1. The fourth-order valence-electron chi connectivity index (χ4n) is 3.26. The summed E-state index contributed by atoms with van der Waals surface area (Å²) < 4.78 is 0. The Labute approximate surface area is 181 Å². The van der Waals surface area contributed by atoms with Gasteiger partial charge in [-0.15, -0.1) is 11.3 Å².